The first-order valence-corrected chi connectivity index (χ1v) is 8.70. The minimum atomic E-state index is -4.92. The zero-order chi connectivity index (χ0) is 22.1. The van der Waals surface area contributed by atoms with Crippen molar-refractivity contribution in [2.24, 2.45) is 0 Å². The van der Waals surface area contributed by atoms with E-state index in [-0.39, 0.29) is 24.0 Å². The van der Waals surface area contributed by atoms with Crippen LogP contribution < -0.4 is 5.32 Å². The van der Waals surface area contributed by atoms with Gasteiger partial charge in [0.25, 0.3) is 0 Å². The molecule has 0 unspecified atom stereocenters. The highest BCUT2D eigenvalue weighted by molar-refractivity contribution is 5.85. The highest BCUT2D eigenvalue weighted by Crippen LogP contribution is 2.37. The molecule has 0 fully saturated rings. The van der Waals surface area contributed by atoms with E-state index in [4.69, 9.17) is 5.11 Å². The van der Waals surface area contributed by atoms with Crippen LogP contribution in [0.5, 0.6) is 0 Å². The number of alkyl halides is 6. The van der Waals surface area contributed by atoms with E-state index in [9.17, 15) is 31.1 Å². The molecule has 12 heteroatoms. The molecule has 0 radical (unpaired) electrons. The van der Waals surface area contributed by atoms with Crippen LogP contribution in [0.15, 0.2) is 36.7 Å². The Bertz CT molecular complexity index is 932. The van der Waals surface area contributed by atoms with Crippen molar-refractivity contribution in [2.75, 3.05) is 11.9 Å². The van der Waals surface area contributed by atoms with Crippen molar-refractivity contribution in [3.8, 4) is 0 Å². The molecule has 1 aliphatic heterocycles. The second-order valence-electron chi connectivity index (χ2n) is 6.63. The SMILES string of the molecule is O=C(O)c1cc2n(n1)CCCN(C=CNc1cc(C(F)(F)F)cc(C(F)(F)F)c1)C2. The number of aromatic carboxylic acids is 1. The van der Waals surface area contributed by atoms with Crippen molar-refractivity contribution in [3.63, 3.8) is 0 Å². The Morgan fingerprint density at radius 3 is 2.23 bits per heavy atom. The molecule has 0 saturated heterocycles. The van der Waals surface area contributed by atoms with E-state index < -0.39 is 29.4 Å². The fraction of sp³-hybridized carbons (Fsp3) is 0.333. The summed E-state index contributed by atoms with van der Waals surface area (Å²) < 4.78 is 79.1. The summed E-state index contributed by atoms with van der Waals surface area (Å²) >= 11 is 0. The van der Waals surface area contributed by atoms with Gasteiger partial charge in [0.15, 0.2) is 5.69 Å². The molecule has 0 bridgehead atoms. The molecular formula is C18H16F6N4O2. The Labute approximate surface area is 166 Å². The van der Waals surface area contributed by atoms with Crippen LogP contribution in [-0.4, -0.2) is 32.3 Å². The fourth-order valence-electron chi connectivity index (χ4n) is 3.00. The van der Waals surface area contributed by atoms with Gasteiger partial charge in [-0.25, -0.2) is 4.79 Å². The molecule has 162 valence electrons. The highest BCUT2D eigenvalue weighted by Gasteiger charge is 2.36. The van der Waals surface area contributed by atoms with Crippen LogP contribution in [0.4, 0.5) is 32.0 Å². The second-order valence-corrected chi connectivity index (χ2v) is 6.63. The lowest BCUT2D eigenvalue weighted by molar-refractivity contribution is -0.143. The zero-order valence-electron chi connectivity index (χ0n) is 15.3. The van der Waals surface area contributed by atoms with Gasteiger partial charge < -0.3 is 15.3 Å². The molecule has 0 atom stereocenters. The van der Waals surface area contributed by atoms with Crippen LogP contribution >= 0.6 is 0 Å². The number of nitrogens with one attached hydrogen (secondary N) is 1. The third kappa shape index (κ3) is 5.05. The monoisotopic (exact) mass is 434 g/mol. The number of fused-ring (bicyclic) bond motifs is 1. The molecule has 0 spiro atoms. The zero-order valence-corrected chi connectivity index (χ0v) is 15.3. The smallest absolute Gasteiger partial charge is 0.416 e. The van der Waals surface area contributed by atoms with Gasteiger partial charge >= 0.3 is 18.3 Å². The van der Waals surface area contributed by atoms with Gasteiger partial charge in [0.1, 0.15) is 0 Å². The Morgan fingerprint density at radius 2 is 1.67 bits per heavy atom. The van der Waals surface area contributed by atoms with Gasteiger partial charge in [-0.15, -0.1) is 0 Å². The number of carboxylic acids is 1. The summed E-state index contributed by atoms with van der Waals surface area (Å²) in [5.74, 6) is -1.16. The van der Waals surface area contributed by atoms with E-state index in [0.717, 1.165) is 0 Å². The molecule has 0 aliphatic carbocycles. The molecular weight excluding hydrogens is 418 g/mol. The van der Waals surface area contributed by atoms with Gasteiger partial charge in [0.05, 0.1) is 23.4 Å². The maximum absolute atomic E-state index is 12.9. The lowest BCUT2D eigenvalue weighted by Gasteiger charge is -2.17. The second kappa shape index (κ2) is 7.92. The number of hydrogen-bond acceptors (Lipinski definition) is 4. The lowest BCUT2D eigenvalue weighted by atomic mass is 10.1. The first-order valence-electron chi connectivity index (χ1n) is 8.70. The summed E-state index contributed by atoms with van der Waals surface area (Å²) in [5, 5.41) is 15.4. The van der Waals surface area contributed by atoms with E-state index in [2.05, 4.69) is 10.4 Å². The van der Waals surface area contributed by atoms with Crippen molar-refractivity contribution in [2.45, 2.75) is 31.9 Å². The van der Waals surface area contributed by atoms with E-state index in [1.54, 1.807) is 9.58 Å². The van der Waals surface area contributed by atoms with E-state index >= 15 is 0 Å². The van der Waals surface area contributed by atoms with Gasteiger partial charge in [-0.2, -0.15) is 31.4 Å². The predicted octanol–water partition coefficient (Wildman–Crippen LogP) is 4.41. The van der Waals surface area contributed by atoms with E-state index in [1.165, 1.54) is 18.5 Å². The van der Waals surface area contributed by atoms with Crippen LogP contribution in [0.25, 0.3) is 0 Å². The number of hydrogen-bond donors (Lipinski definition) is 2. The first kappa shape index (κ1) is 21.5. The largest absolute Gasteiger partial charge is 0.476 e. The molecule has 3 rings (SSSR count). The molecule has 6 nitrogen and oxygen atoms in total. The number of halogens is 6. The number of carboxylic acid groups (broad SMARTS) is 1. The average molecular weight is 434 g/mol. The molecule has 2 N–H and O–H groups in total. The predicted molar refractivity (Wildman–Crippen MR) is 93.4 cm³/mol. The Balaban J connectivity index is 1.76. The van der Waals surface area contributed by atoms with Gasteiger partial charge in [0.2, 0.25) is 0 Å². The average Bonchev–Trinajstić information content (AvgIpc) is 2.93. The molecule has 30 heavy (non-hydrogen) atoms. The topological polar surface area (TPSA) is 70.4 Å². The quantitative estimate of drug-likeness (QED) is 0.698. The van der Waals surface area contributed by atoms with Crippen molar-refractivity contribution in [1.29, 1.82) is 0 Å². The Kier molecular flexibility index (Phi) is 5.68. The first-order chi connectivity index (χ1) is 13.9. The fourth-order valence-corrected chi connectivity index (χ4v) is 3.00. The molecule has 2 aromatic rings. The van der Waals surface area contributed by atoms with E-state index in [0.29, 0.717) is 37.3 Å². The van der Waals surface area contributed by atoms with Crippen molar-refractivity contribution < 1.29 is 36.2 Å². The van der Waals surface area contributed by atoms with Crippen molar-refractivity contribution in [3.05, 3.63) is 59.2 Å². The number of rotatable bonds is 4. The van der Waals surface area contributed by atoms with Crippen LogP contribution in [0, 0.1) is 0 Å². The number of aryl methyl sites for hydroxylation is 1. The molecule has 2 heterocycles. The van der Waals surface area contributed by atoms with Gasteiger partial charge in [-0.3, -0.25) is 4.68 Å². The van der Waals surface area contributed by atoms with E-state index in [1.807, 2.05) is 0 Å². The molecule has 0 saturated carbocycles. The van der Waals surface area contributed by atoms with Crippen molar-refractivity contribution >= 4 is 11.7 Å². The minimum Gasteiger partial charge on any atom is -0.476 e. The lowest BCUT2D eigenvalue weighted by Crippen LogP contribution is -2.17. The van der Waals surface area contributed by atoms with Gasteiger partial charge in [-0.05, 0) is 30.7 Å². The summed E-state index contributed by atoms with van der Waals surface area (Å²) in [4.78, 5) is 12.8. The summed E-state index contributed by atoms with van der Waals surface area (Å²) in [5.41, 5.74) is -2.65. The third-order valence-corrected chi connectivity index (χ3v) is 4.39. The summed E-state index contributed by atoms with van der Waals surface area (Å²) in [6.45, 7) is 1.32. The summed E-state index contributed by atoms with van der Waals surface area (Å²) in [6, 6.07) is 2.67. The number of carbonyl (C=O) groups is 1. The summed E-state index contributed by atoms with van der Waals surface area (Å²) in [6.07, 6.45) is -6.50. The number of anilines is 1. The maximum atomic E-state index is 12.9. The van der Waals surface area contributed by atoms with Crippen LogP contribution in [-0.2, 0) is 25.4 Å². The van der Waals surface area contributed by atoms with Crippen molar-refractivity contribution in [1.82, 2.24) is 14.7 Å². The third-order valence-electron chi connectivity index (χ3n) is 4.39. The van der Waals surface area contributed by atoms with Gasteiger partial charge in [-0.1, -0.05) is 0 Å². The molecule has 1 aromatic heterocycles. The standard InChI is InChI=1S/C18H16F6N4O2/c19-17(20,21)11-6-12(18(22,23)24)8-13(7-11)25-2-5-27-3-1-4-28-14(10-27)9-15(26-28)16(29)30/h2,5-9,25H,1,3-4,10H2,(H,29,30). The Morgan fingerprint density at radius 1 is 1.03 bits per heavy atom. The molecule has 1 aliphatic rings. The van der Waals surface area contributed by atoms with Crippen LogP contribution in [0.1, 0.15) is 33.7 Å². The molecule has 1 aromatic carbocycles. The van der Waals surface area contributed by atoms with Crippen LogP contribution in [0.2, 0.25) is 0 Å². The van der Waals surface area contributed by atoms with Gasteiger partial charge in [0, 0.05) is 31.2 Å². The normalized spacial score (nSPS) is 15.2. The van der Waals surface area contributed by atoms with Crippen LogP contribution in [0.3, 0.4) is 0 Å². The number of aromatic nitrogens is 2. The Hall–Kier alpha value is -3.18. The number of nitrogens with zero attached hydrogens (tertiary/aromatic N) is 3. The minimum absolute atomic E-state index is 0.0604. The highest BCUT2D eigenvalue weighted by atomic mass is 19.4. The maximum Gasteiger partial charge on any atom is 0.416 e. The molecule has 0 amide bonds. The number of benzene rings is 1. The summed E-state index contributed by atoms with van der Waals surface area (Å²) in [7, 11) is 0.